The molecule has 1 fully saturated rings. The highest BCUT2D eigenvalue weighted by atomic mass is 16.5. The molecule has 4 aromatic rings. The number of hydrogen-bond donors (Lipinski definition) is 0. The van der Waals surface area contributed by atoms with Gasteiger partial charge in [0.1, 0.15) is 11.3 Å². The molecule has 1 saturated heterocycles. The van der Waals surface area contributed by atoms with Crippen LogP contribution in [-0.4, -0.2) is 43.4 Å². The number of aromatic nitrogens is 4. The van der Waals surface area contributed by atoms with Gasteiger partial charge in [-0.25, -0.2) is 4.98 Å². The largest absolute Gasteiger partial charge is 0.459 e. The van der Waals surface area contributed by atoms with Gasteiger partial charge >= 0.3 is 0 Å². The average Bonchev–Trinajstić information content (AvgIpc) is 3.45. The van der Waals surface area contributed by atoms with Crippen molar-refractivity contribution in [3.05, 3.63) is 60.0 Å². The summed E-state index contributed by atoms with van der Waals surface area (Å²) in [6.45, 7) is 3.06. The smallest absolute Gasteiger partial charge is 0.293 e. The second-order valence-corrected chi connectivity index (χ2v) is 6.65. The summed E-state index contributed by atoms with van der Waals surface area (Å²) in [7, 11) is 0. The summed E-state index contributed by atoms with van der Waals surface area (Å²) in [6, 6.07) is 9.25. The Labute approximate surface area is 154 Å². The summed E-state index contributed by atoms with van der Waals surface area (Å²) < 4.78 is 12.4. The molecule has 0 saturated carbocycles. The van der Waals surface area contributed by atoms with Crippen LogP contribution in [0.4, 0.5) is 0 Å². The van der Waals surface area contributed by atoms with Gasteiger partial charge in [-0.2, -0.15) is 4.98 Å². The monoisotopic (exact) mass is 363 g/mol. The number of rotatable bonds is 3. The molecule has 1 amide bonds. The van der Waals surface area contributed by atoms with Crippen LogP contribution in [0.15, 0.2) is 51.7 Å². The molecule has 8 nitrogen and oxygen atoms in total. The minimum atomic E-state index is -0.0246. The fraction of sp³-hybridized carbons (Fsp3) is 0.263. The van der Waals surface area contributed by atoms with Gasteiger partial charge < -0.3 is 13.8 Å². The fourth-order valence-electron chi connectivity index (χ4n) is 3.58. The van der Waals surface area contributed by atoms with Gasteiger partial charge in [0.2, 0.25) is 0 Å². The SMILES string of the molecule is Cc1nc2ccccn2c1C(=O)N1CC[C@H](c2noc(-c3ccco3)n2)C1. The Hall–Kier alpha value is -3.42. The van der Waals surface area contributed by atoms with Crippen LogP contribution >= 0.6 is 0 Å². The first kappa shape index (κ1) is 15.8. The van der Waals surface area contributed by atoms with Gasteiger partial charge in [-0.05, 0) is 37.6 Å². The van der Waals surface area contributed by atoms with Gasteiger partial charge in [-0.3, -0.25) is 9.20 Å². The van der Waals surface area contributed by atoms with Crippen molar-refractivity contribution >= 4 is 11.6 Å². The van der Waals surface area contributed by atoms with E-state index < -0.39 is 0 Å². The molecule has 136 valence electrons. The number of fused-ring (bicyclic) bond motifs is 1. The molecule has 1 aliphatic rings. The van der Waals surface area contributed by atoms with Crippen molar-refractivity contribution in [2.75, 3.05) is 13.1 Å². The van der Waals surface area contributed by atoms with Crippen molar-refractivity contribution < 1.29 is 13.7 Å². The molecule has 5 rings (SSSR count). The zero-order valence-corrected chi connectivity index (χ0v) is 14.7. The first-order valence-corrected chi connectivity index (χ1v) is 8.81. The Morgan fingerprint density at radius 3 is 3.00 bits per heavy atom. The standard InChI is InChI=1S/C19H17N5O3/c1-12-16(24-8-3-2-6-15(24)20-12)19(25)23-9-7-13(11-23)17-21-18(27-22-17)14-5-4-10-26-14/h2-6,8,10,13H,7,9,11H2,1H3/t13-/m0/s1. The molecule has 4 aromatic heterocycles. The lowest BCUT2D eigenvalue weighted by Crippen LogP contribution is -2.30. The second-order valence-electron chi connectivity index (χ2n) is 6.65. The van der Waals surface area contributed by atoms with Gasteiger partial charge in [0.05, 0.1) is 12.0 Å². The predicted molar refractivity (Wildman–Crippen MR) is 95.2 cm³/mol. The van der Waals surface area contributed by atoms with Gasteiger partial charge in [0.15, 0.2) is 11.6 Å². The molecule has 5 heterocycles. The number of amides is 1. The van der Waals surface area contributed by atoms with Gasteiger partial charge in [-0.15, -0.1) is 0 Å². The highest BCUT2D eigenvalue weighted by Crippen LogP contribution is 2.29. The molecule has 0 N–H and O–H groups in total. The van der Waals surface area contributed by atoms with Crippen molar-refractivity contribution in [1.29, 1.82) is 0 Å². The van der Waals surface area contributed by atoms with E-state index in [1.165, 1.54) is 0 Å². The van der Waals surface area contributed by atoms with Crippen molar-refractivity contribution in [3.63, 3.8) is 0 Å². The van der Waals surface area contributed by atoms with Crippen molar-refractivity contribution in [1.82, 2.24) is 24.4 Å². The van der Waals surface area contributed by atoms with Gasteiger partial charge in [-0.1, -0.05) is 11.2 Å². The van der Waals surface area contributed by atoms with Crippen molar-refractivity contribution in [3.8, 4) is 11.7 Å². The number of carbonyl (C=O) groups excluding carboxylic acids is 1. The summed E-state index contributed by atoms with van der Waals surface area (Å²) in [5.74, 6) is 1.52. The molecule has 1 atom stereocenters. The number of nitrogens with zero attached hydrogens (tertiary/aromatic N) is 5. The second kappa shape index (κ2) is 6.08. The topological polar surface area (TPSA) is 89.7 Å². The highest BCUT2D eigenvalue weighted by molar-refractivity contribution is 5.95. The normalized spacial score (nSPS) is 17.1. The molecule has 0 unspecified atom stereocenters. The van der Waals surface area contributed by atoms with Crippen LogP contribution in [0.3, 0.4) is 0 Å². The van der Waals surface area contributed by atoms with Gasteiger partial charge in [0, 0.05) is 25.2 Å². The number of hydrogen-bond acceptors (Lipinski definition) is 6. The Bertz CT molecular complexity index is 1110. The lowest BCUT2D eigenvalue weighted by atomic mass is 10.1. The number of carbonyl (C=O) groups is 1. The fourth-order valence-corrected chi connectivity index (χ4v) is 3.58. The quantitative estimate of drug-likeness (QED) is 0.556. The summed E-state index contributed by atoms with van der Waals surface area (Å²) in [4.78, 5) is 23.8. The van der Waals surface area contributed by atoms with E-state index >= 15 is 0 Å². The molecule has 0 radical (unpaired) electrons. The Balaban J connectivity index is 1.37. The first-order valence-electron chi connectivity index (χ1n) is 8.81. The molecular weight excluding hydrogens is 346 g/mol. The van der Waals surface area contributed by atoms with E-state index in [1.807, 2.05) is 40.6 Å². The molecule has 27 heavy (non-hydrogen) atoms. The van der Waals surface area contributed by atoms with Gasteiger partial charge in [0.25, 0.3) is 11.8 Å². The van der Waals surface area contributed by atoms with Crippen LogP contribution in [0.2, 0.25) is 0 Å². The number of furan rings is 1. The maximum Gasteiger partial charge on any atom is 0.293 e. The third-order valence-electron chi connectivity index (χ3n) is 4.92. The minimum absolute atomic E-state index is 0.0246. The molecule has 0 aromatic carbocycles. The van der Waals surface area contributed by atoms with E-state index in [2.05, 4.69) is 15.1 Å². The van der Waals surface area contributed by atoms with E-state index in [0.29, 0.717) is 36.3 Å². The lowest BCUT2D eigenvalue weighted by Gasteiger charge is -2.16. The van der Waals surface area contributed by atoms with Crippen LogP contribution in [0.1, 0.15) is 34.3 Å². The summed E-state index contributed by atoms with van der Waals surface area (Å²) in [6.07, 6.45) is 4.22. The Morgan fingerprint density at radius 2 is 2.15 bits per heavy atom. The number of likely N-dealkylation sites (tertiary alicyclic amines) is 1. The highest BCUT2D eigenvalue weighted by Gasteiger charge is 2.33. The van der Waals surface area contributed by atoms with E-state index in [-0.39, 0.29) is 11.8 Å². The summed E-state index contributed by atoms with van der Waals surface area (Å²) >= 11 is 0. The Morgan fingerprint density at radius 1 is 1.22 bits per heavy atom. The van der Waals surface area contributed by atoms with E-state index in [0.717, 1.165) is 17.8 Å². The van der Waals surface area contributed by atoms with Crippen LogP contribution in [0.25, 0.3) is 17.3 Å². The van der Waals surface area contributed by atoms with Crippen molar-refractivity contribution in [2.24, 2.45) is 0 Å². The van der Waals surface area contributed by atoms with E-state index in [9.17, 15) is 4.79 Å². The molecule has 0 spiro atoms. The molecule has 0 aliphatic carbocycles. The number of aryl methyl sites for hydroxylation is 1. The maximum atomic E-state index is 13.1. The third-order valence-corrected chi connectivity index (χ3v) is 4.92. The third kappa shape index (κ3) is 2.61. The van der Waals surface area contributed by atoms with E-state index in [1.54, 1.807) is 18.4 Å². The summed E-state index contributed by atoms with van der Waals surface area (Å²) in [5, 5.41) is 4.08. The lowest BCUT2D eigenvalue weighted by molar-refractivity contribution is 0.0782. The van der Waals surface area contributed by atoms with Crippen LogP contribution < -0.4 is 0 Å². The molecule has 1 aliphatic heterocycles. The van der Waals surface area contributed by atoms with Crippen molar-refractivity contribution in [2.45, 2.75) is 19.3 Å². The predicted octanol–water partition coefficient (Wildman–Crippen LogP) is 2.92. The Kier molecular flexibility index (Phi) is 3.56. The zero-order valence-electron chi connectivity index (χ0n) is 14.7. The van der Waals surface area contributed by atoms with Crippen LogP contribution in [-0.2, 0) is 0 Å². The van der Waals surface area contributed by atoms with Crippen LogP contribution in [0.5, 0.6) is 0 Å². The molecular formula is C19H17N5O3. The summed E-state index contributed by atoms with van der Waals surface area (Å²) in [5.41, 5.74) is 2.11. The maximum absolute atomic E-state index is 13.1. The number of imidazole rings is 1. The zero-order chi connectivity index (χ0) is 18.4. The minimum Gasteiger partial charge on any atom is -0.459 e. The molecule has 8 heteroatoms. The first-order chi connectivity index (χ1) is 13.2. The van der Waals surface area contributed by atoms with E-state index in [4.69, 9.17) is 8.94 Å². The molecule has 0 bridgehead atoms. The average molecular weight is 363 g/mol. The number of pyridine rings is 1. The van der Waals surface area contributed by atoms with Crippen LogP contribution in [0, 0.1) is 6.92 Å².